The van der Waals surface area contributed by atoms with Gasteiger partial charge in [-0.2, -0.15) is 0 Å². The van der Waals surface area contributed by atoms with E-state index in [0.29, 0.717) is 13.0 Å². The summed E-state index contributed by atoms with van der Waals surface area (Å²) in [7, 11) is -3.44. The fraction of sp³-hybridized carbons (Fsp3) is 0.923. The van der Waals surface area contributed by atoms with Crippen LogP contribution in [0.15, 0.2) is 0 Å². The molecule has 1 aliphatic carbocycles. The molecule has 1 aliphatic rings. The van der Waals surface area contributed by atoms with Crippen LogP contribution in [0.3, 0.4) is 0 Å². The summed E-state index contributed by atoms with van der Waals surface area (Å²) in [6, 6.07) is 0.142. The highest BCUT2D eigenvalue weighted by Crippen LogP contribution is 2.18. The van der Waals surface area contributed by atoms with Crippen LogP contribution in [0, 0.1) is 0 Å². The third kappa shape index (κ3) is 4.45. The van der Waals surface area contributed by atoms with E-state index in [9.17, 15) is 13.2 Å². The molecule has 0 heterocycles. The van der Waals surface area contributed by atoms with Gasteiger partial charge in [0.15, 0.2) is 9.84 Å². The molecule has 0 saturated heterocycles. The lowest BCUT2D eigenvalue weighted by atomic mass is 9.95. The van der Waals surface area contributed by atoms with Crippen molar-refractivity contribution in [3.05, 3.63) is 0 Å². The molecule has 3 N–H and O–H groups in total. The molecule has 0 aromatic carbocycles. The molecule has 0 radical (unpaired) electrons. The number of rotatable bonds is 6. The number of carbonyl (C=O) groups is 1. The molecular formula is C13H26N2O3S. The largest absolute Gasteiger partial charge is 0.352 e. The van der Waals surface area contributed by atoms with E-state index in [1.807, 2.05) is 0 Å². The lowest BCUT2D eigenvalue weighted by molar-refractivity contribution is -0.121. The molecule has 2 unspecified atom stereocenters. The van der Waals surface area contributed by atoms with Crippen LogP contribution in [-0.4, -0.2) is 37.4 Å². The van der Waals surface area contributed by atoms with Crippen LogP contribution >= 0.6 is 0 Å². The van der Waals surface area contributed by atoms with E-state index in [-0.39, 0.29) is 11.9 Å². The second kappa shape index (κ2) is 7.24. The smallest absolute Gasteiger partial charge is 0.238 e. The summed E-state index contributed by atoms with van der Waals surface area (Å²) in [5, 5.41) is 1.32. The van der Waals surface area contributed by atoms with Gasteiger partial charge in [-0.05, 0) is 39.7 Å². The van der Waals surface area contributed by atoms with Gasteiger partial charge in [0, 0.05) is 6.04 Å². The Morgan fingerprint density at radius 2 is 1.84 bits per heavy atom. The van der Waals surface area contributed by atoms with Crippen LogP contribution in [-0.2, 0) is 14.6 Å². The molecule has 19 heavy (non-hydrogen) atoms. The lowest BCUT2D eigenvalue weighted by Crippen LogP contribution is -2.46. The molecule has 112 valence electrons. The van der Waals surface area contributed by atoms with E-state index in [1.165, 1.54) is 13.3 Å². The maximum atomic E-state index is 12.2. The highest BCUT2D eigenvalue weighted by molar-refractivity contribution is 7.93. The van der Waals surface area contributed by atoms with Crippen molar-refractivity contribution in [3.8, 4) is 0 Å². The van der Waals surface area contributed by atoms with Gasteiger partial charge in [-0.3, -0.25) is 4.79 Å². The molecule has 6 heteroatoms. The Kier molecular flexibility index (Phi) is 6.26. The zero-order chi connectivity index (χ0) is 14.5. The first-order valence-corrected chi connectivity index (χ1v) is 8.73. The van der Waals surface area contributed by atoms with E-state index in [0.717, 1.165) is 25.7 Å². The van der Waals surface area contributed by atoms with Gasteiger partial charge in [-0.1, -0.05) is 19.3 Å². The van der Waals surface area contributed by atoms with Crippen molar-refractivity contribution in [2.75, 3.05) is 6.54 Å². The van der Waals surface area contributed by atoms with Crippen LogP contribution in [0.25, 0.3) is 0 Å². The summed E-state index contributed by atoms with van der Waals surface area (Å²) in [6.07, 6.45) is 5.72. The van der Waals surface area contributed by atoms with Crippen molar-refractivity contribution < 1.29 is 13.2 Å². The maximum absolute atomic E-state index is 12.2. The monoisotopic (exact) mass is 290 g/mol. The van der Waals surface area contributed by atoms with Crippen LogP contribution < -0.4 is 11.1 Å². The van der Waals surface area contributed by atoms with Crippen molar-refractivity contribution in [3.63, 3.8) is 0 Å². The highest BCUT2D eigenvalue weighted by atomic mass is 32.2. The van der Waals surface area contributed by atoms with Gasteiger partial charge in [0.25, 0.3) is 0 Å². The van der Waals surface area contributed by atoms with Crippen molar-refractivity contribution >= 4 is 15.7 Å². The molecule has 0 aromatic heterocycles. The number of nitrogens with two attached hydrogens (primary N) is 1. The van der Waals surface area contributed by atoms with Gasteiger partial charge in [-0.25, -0.2) is 8.42 Å². The summed E-state index contributed by atoms with van der Waals surface area (Å²) in [5.74, 6) is -0.365. The second-order valence-corrected chi connectivity index (χ2v) is 8.15. The first-order valence-electron chi connectivity index (χ1n) is 7.12. The molecule has 5 nitrogen and oxygen atoms in total. The van der Waals surface area contributed by atoms with E-state index in [2.05, 4.69) is 5.32 Å². The summed E-state index contributed by atoms with van der Waals surface area (Å²) in [4.78, 5) is 12.0. The fourth-order valence-electron chi connectivity index (χ4n) is 2.46. The Morgan fingerprint density at radius 3 is 2.37 bits per heavy atom. The summed E-state index contributed by atoms with van der Waals surface area (Å²) >= 11 is 0. The fourth-order valence-corrected chi connectivity index (χ4v) is 3.99. The Morgan fingerprint density at radius 1 is 1.26 bits per heavy atom. The molecular weight excluding hydrogens is 264 g/mol. The third-order valence-electron chi connectivity index (χ3n) is 3.95. The second-order valence-electron chi connectivity index (χ2n) is 5.46. The number of sulfone groups is 1. The van der Waals surface area contributed by atoms with Crippen molar-refractivity contribution in [1.82, 2.24) is 5.32 Å². The summed E-state index contributed by atoms with van der Waals surface area (Å²) in [5.41, 5.74) is 5.39. The van der Waals surface area contributed by atoms with Crippen molar-refractivity contribution in [2.24, 2.45) is 5.73 Å². The van der Waals surface area contributed by atoms with E-state index in [4.69, 9.17) is 5.73 Å². The minimum atomic E-state index is -3.44. The van der Waals surface area contributed by atoms with E-state index in [1.54, 1.807) is 6.92 Å². The molecule has 2 atom stereocenters. The first-order chi connectivity index (χ1) is 8.89. The van der Waals surface area contributed by atoms with Gasteiger partial charge in [0.1, 0.15) is 5.25 Å². The molecule has 0 aromatic rings. The predicted molar refractivity (Wildman–Crippen MR) is 76.5 cm³/mol. The average Bonchev–Trinajstić information content (AvgIpc) is 2.39. The molecule has 1 fully saturated rings. The molecule has 1 amide bonds. The van der Waals surface area contributed by atoms with Crippen molar-refractivity contribution in [2.45, 2.75) is 68.9 Å². The molecule has 0 spiro atoms. The summed E-state index contributed by atoms with van der Waals surface area (Å²) in [6.45, 7) is 3.41. The zero-order valence-corrected chi connectivity index (χ0v) is 12.7. The minimum Gasteiger partial charge on any atom is -0.352 e. The maximum Gasteiger partial charge on any atom is 0.238 e. The number of amides is 1. The quantitative estimate of drug-likeness (QED) is 0.763. The van der Waals surface area contributed by atoms with E-state index >= 15 is 0 Å². The van der Waals surface area contributed by atoms with Gasteiger partial charge in [-0.15, -0.1) is 0 Å². The Labute approximate surface area is 116 Å². The third-order valence-corrected chi connectivity index (χ3v) is 6.50. The lowest BCUT2D eigenvalue weighted by Gasteiger charge is -2.25. The van der Waals surface area contributed by atoms with Crippen LogP contribution in [0.1, 0.15) is 52.4 Å². The molecule has 0 bridgehead atoms. The van der Waals surface area contributed by atoms with Gasteiger partial charge < -0.3 is 11.1 Å². The minimum absolute atomic E-state index is 0.142. The zero-order valence-electron chi connectivity index (χ0n) is 11.9. The number of hydrogen-bond donors (Lipinski definition) is 2. The topological polar surface area (TPSA) is 89.3 Å². The average molecular weight is 290 g/mol. The first kappa shape index (κ1) is 16.4. The number of hydrogen-bond acceptors (Lipinski definition) is 4. The normalized spacial score (nSPS) is 20.8. The van der Waals surface area contributed by atoms with Crippen molar-refractivity contribution in [1.29, 1.82) is 0 Å². The standard InChI is InChI=1S/C13H26N2O3S/c1-10(8-9-14)19(17,18)11(2)13(16)15-12-6-4-3-5-7-12/h10-12H,3-9,14H2,1-2H3,(H,15,16). The SMILES string of the molecule is CC(CCN)S(=O)(=O)C(C)C(=O)NC1CCCCC1. The Balaban J connectivity index is 2.59. The molecule has 1 rings (SSSR count). The number of nitrogens with one attached hydrogen (secondary N) is 1. The molecule has 0 aliphatic heterocycles. The van der Waals surface area contributed by atoms with Crippen LogP contribution in [0.2, 0.25) is 0 Å². The number of carbonyl (C=O) groups excluding carboxylic acids is 1. The summed E-state index contributed by atoms with van der Waals surface area (Å²) < 4.78 is 24.4. The Hall–Kier alpha value is -0.620. The van der Waals surface area contributed by atoms with E-state index < -0.39 is 20.3 Å². The van der Waals surface area contributed by atoms with Crippen LogP contribution in [0.4, 0.5) is 0 Å². The molecule has 1 saturated carbocycles. The van der Waals surface area contributed by atoms with Gasteiger partial charge >= 0.3 is 0 Å². The van der Waals surface area contributed by atoms with Gasteiger partial charge in [0.2, 0.25) is 5.91 Å². The Bertz CT molecular complexity index is 389. The predicted octanol–water partition coefficient (Wildman–Crippen LogP) is 0.976. The van der Waals surface area contributed by atoms with Gasteiger partial charge in [0.05, 0.1) is 5.25 Å². The van der Waals surface area contributed by atoms with Crippen LogP contribution in [0.5, 0.6) is 0 Å². The highest BCUT2D eigenvalue weighted by Gasteiger charge is 2.33.